The average Bonchev–Trinajstić information content (AvgIpc) is 2.51. The SMILES string of the molecule is CC(C)C(=O)C(=[N+]1CCC(F)C1)P(C)C. The van der Waals surface area contributed by atoms with Crippen LogP contribution in [0.2, 0.25) is 0 Å². The fourth-order valence-corrected chi connectivity index (χ4v) is 3.27. The summed E-state index contributed by atoms with van der Waals surface area (Å²) in [7, 11) is -0.439. The van der Waals surface area contributed by atoms with Crippen LogP contribution >= 0.6 is 7.92 Å². The minimum absolute atomic E-state index is 0.0172. The van der Waals surface area contributed by atoms with E-state index in [-0.39, 0.29) is 11.7 Å². The molecule has 0 spiro atoms. The molecular formula is C11H20FNOP+. The molecule has 1 unspecified atom stereocenters. The van der Waals surface area contributed by atoms with Crippen molar-refractivity contribution in [2.24, 2.45) is 5.92 Å². The molecule has 0 saturated carbocycles. The summed E-state index contributed by atoms with van der Waals surface area (Å²) in [5, 5.41) is 0. The molecular weight excluding hydrogens is 212 g/mol. The zero-order valence-electron chi connectivity index (χ0n) is 9.96. The molecule has 0 aromatic carbocycles. The van der Waals surface area contributed by atoms with E-state index in [4.69, 9.17) is 0 Å². The maximum atomic E-state index is 13.1. The highest BCUT2D eigenvalue weighted by atomic mass is 31.1. The topological polar surface area (TPSA) is 20.1 Å². The number of hydrogen-bond donors (Lipinski definition) is 0. The standard InChI is InChI=1S/C11H20FNOP/c1-8(2)10(14)11(15(3)4)13-6-5-9(12)7-13/h8-9H,5-7H2,1-4H3/q+1. The van der Waals surface area contributed by atoms with Crippen LogP contribution in [-0.4, -0.2) is 48.4 Å². The molecule has 1 heterocycles. The molecule has 1 aliphatic rings. The van der Waals surface area contributed by atoms with Crippen molar-refractivity contribution in [3.05, 3.63) is 0 Å². The van der Waals surface area contributed by atoms with Crippen molar-refractivity contribution >= 4 is 19.2 Å². The van der Waals surface area contributed by atoms with E-state index in [1.165, 1.54) is 0 Å². The second-order valence-corrected chi connectivity index (χ2v) is 6.78. The molecule has 2 nitrogen and oxygen atoms in total. The van der Waals surface area contributed by atoms with Gasteiger partial charge in [0.25, 0.3) is 0 Å². The van der Waals surface area contributed by atoms with Gasteiger partial charge in [0.15, 0.2) is 12.7 Å². The summed E-state index contributed by atoms with van der Waals surface area (Å²) in [5.74, 6) is 0.212. The van der Waals surface area contributed by atoms with Crippen molar-refractivity contribution < 1.29 is 13.8 Å². The Balaban J connectivity index is 2.97. The highest BCUT2D eigenvalue weighted by Crippen LogP contribution is 2.30. The Morgan fingerprint density at radius 2 is 2.07 bits per heavy atom. The zero-order chi connectivity index (χ0) is 11.6. The van der Waals surface area contributed by atoms with Crippen LogP contribution in [0.25, 0.3) is 0 Å². The molecule has 1 aliphatic heterocycles. The molecule has 15 heavy (non-hydrogen) atoms. The molecule has 0 aliphatic carbocycles. The summed E-state index contributed by atoms with van der Waals surface area (Å²) in [5.41, 5.74) is 0.875. The lowest BCUT2D eigenvalue weighted by atomic mass is 10.1. The Kier molecular flexibility index (Phi) is 4.39. The van der Waals surface area contributed by atoms with Gasteiger partial charge in [-0.1, -0.05) is 13.8 Å². The molecule has 1 saturated heterocycles. The fourth-order valence-electron chi connectivity index (χ4n) is 1.83. The maximum Gasteiger partial charge on any atom is 0.239 e. The molecule has 86 valence electrons. The third kappa shape index (κ3) is 3.07. The number of alkyl halides is 1. The first-order valence-electron chi connectivity index (χ1n) is 5.41. The van der Waals surface area contributed by atoms with Crippen molar-refractivity contribution in [2.45, 2.75) is 26.4 Å². The van der Waals surface area contributed by atoms with Gasteiger partial charge in [-0.25, -0.2) is 8.97 Å². The molecule has 0 aromatic heterocycles. The summed E-state index contributed by atoms with van der Waals surface area (Å²) in [4.78, 5) is 12.0. The first-order chi connectivity index (χ1) is 6.93. The normalized spacial score (nSPS) is 25.1. The Hall–Kier alpha value is -0.300. The molecule has 1 rings (SSSR count). The Bertz CT molecular complexity index is 286. The third-order valence-electron chi connectivity index (χ3n) is 2.60. The number of carbonyl (C=O) groups is 1. The van der Waals surface area contributed by atoms with Gasteiger partial charge >= 0.3 is 0 Å². The third-order valence-corrected chi connectivity index (χ3v) is 3.95. The van der Waals surface area contributed by atoms with Crippen LogP contribution in [0.3, 0.4) is 0 Å². The van der Waals surface area contributed by atoms with Gasteiger partial charge in [-0.15, -0.1) is 0 Å². The van der Waals surface area contributed by atoms with Gasteiger partial charge in [0.1, 0.15) is 6.54 Å². The number of Topliss-reactive ketones (excluding diaryl/α,β-unsaturated/α-hetero) is 1. The first-order valence-corrected chi connectivity index (χ1v) is 7.64. The first kappa shape index (κ1) is 12.8. The van der Waals surface area contributed by atoms with E-state index in [1.54, 1.807) is 0 Å². The quantitative estimate of drug-likeness (QED) is 0.539. The smallest absolute Gasteiger partial charge is 0.239 e. The molecule has 0 radical (unpaired) electrons. The highest BCUT2D eigenvalue weighted by Gasteiger charge is 2.34. The number of halogens is 1. The van der Waals surface area contributed by atoms with Crippen LogP contribution in [0.5, 0.6) is 0 Å². The molecule has 0 bridgehead atoms. The molecule has 0 aromatic rings. The Labute approximate surface area is 92.3 Å². The summed E-state index contributed by atoms with van der Waals surface area (Å²) in [6.07, 6.45) is -0.187. The van der Waals surface area contributed by atoms with E-state index in [9.17, 15) is 9.18 Å². The lowest BCUT2D eigenvalue weighted by Gasteiger charge is -2.10. The number of rotatable bonds is 3. The van der Waals surface area contributed by atoms with Gasteiger partial charge in [-0.2, -0.15) is 0 Å². The molecule has 0 amide bonds. The van der Waals surface area contributed by atoms with Gasteiger partial charge in [0.05, 0.1) is 0 Å². The van der Waals surface area contributed by atoms with Crippen LogP contribution in [0.1, 0.15) is 20.3 Å². The number of hydrogen-bond acceptors (Lipinski definition) is 1. The van der Waals surface area contributed by atoms with Crippen LogP contribution in [-0.2, 0) is 4.79 Å². The van der Waals surface area contributed by atoms with Crippen molar-refractivity contribution in [2.75, 3.05) is 26.4 Å². The Morgan fingerprint density at radius 1 is 1.47 bits per heavy atom. The van der Waals surface area contributed by atoms with E-state index < -0.39 is 14.1 Å². The molecule has 0 N–H and O–H groups in total. The van der Waals surface area contributed by atoms with Crippen LogP contribution < -0.4 is 0 Å². The molecule has 1 fully saturated rings. The van der Waals surface area contributed by atoms with Gasteiger partial charge in [0.2, 0.25) is 11.2 Å². The summed E-state index contributed by atoms with van der Waals surface area (Å²) >= 11 is 0. The van der Waals surface area contributed by atoms with Gasteiger partial charge in [-0.05, 0) is 21.3 Å². The second kappa shape index (κ2) is 5.16. The molecule has 4 heteroatoms. The highest BCUT2D eigenvalue weighted by molar-refractivity contribution is 7.76. The average molecular weight is 232 g/mol. The predicted octanol–water partition coefficient (Wildman–Crippen LogP) is 2.11. The largest absolute Gasteiger partial charge is 0.287 e. The van der Waals surface area contributed by atoms with E-state index in [0.717, 1.165) is 5.45 Å². The minimum atomic E-state index is -0.755. The second-order valence-electron chi connectivity index (χ2n) is 4.57. The van der Waals surface area contributed by atoms with Crippen molar-refractivity contribution in [1.82, 2.24) is 0 Å². The molecule has 1 atom stereocenters. The van der Waals surface area contributed by atoms with Crippen molar-refractivity contribution in [3.63, 3.8) is 0 Å². The van der Waals surface area contributed by atoms with Crippen molar-refractivity contribution in [1.29, 1.82) is 0 Å². The Morgan fingerprint density at radius 3 is 2.40 bits per heavy atom. The van der Waals surface area contributed by atoms with E-state index in [2.05, 4.69) is 13.3 Å². The number of nitrogens with zero attached hydrogens (tertiary/aromatic N) is 1. The van der Waals surface area contributed by atoms with Gasteiger partial charge in [-0.3, -0.25) is 4.79 Å². The monoisotopic (exact) mass is 232 g/mol. The van der Waals surface area contributed by atoms with Crippen molar-refractivity contribution in [3.8, 4) is 0 Å². The van der Waals surface area contributed by atoms with Gasteiger partial charge < -0.3 is 0 Å². The van der Waals surface area contributed by atoms with E-state index in [1.807, 2.05) is 18.4 Å². The summed E-state index contributed by atoms with van der Waals surface area (Å²) in [6.45, 7) is 9.06. The predicted molar refractivity (Wildman–Crippen MR) is 63.1 cm³/mol. The van der Waals surface area contributed by atoms with E-state index >= 15 is 0 Å². The lowest BCUT2D eigenvalue weighted by Crippen LogP contribution is -2.28. The van der Waals surface area contributed by atoms with Crippen LogP contribution in [0.4, 0.5) is 4.39 Å². The minimum Gasteiger partial charge on any atom is -0.287 e. The van der Waals surface area contributed by atoms with Gasteiger partial charge in [0, 0.05) is 12.3 Å². The summed E-state index contributed by atoms with van der Waals surface area (Å²) in [6, 6.07) is 0. The van der Waals surface area contributed by atoms with Crippen LogP contribution in [0, 0.1) is 5.92 Å². The van der Waals surface area contributed by atoms with Crippen LogP contribution in [0.15, 0.2) is 0 Å². The number of carbonyl (C=O) groups excluding carboxylic acids is 1. The lowest BCUT2D eigenvalue weighted by molar-refractivity contribution is -0.505. The fraction of sp³-hybridized carbons (Fsp3) is 0.818. The summed E-state index contributed by atoms with van der Waals surface area (Å²) < 4.78 is 15.1. The van der Waals surface area contributed by atoms with E-state index in [0.29, 0.717) is 19.5 Å². The number of ketones is 1. The zero-order valence-corrected chi connectivity index (χ0v) is 10.9. The maximum absolute atomic E-state index is 13.1.